The fourth-order valence-electron chi connectivity index (χ4n) is 1.95. The van der Waals surface area contributed by atoms with Crippen LogP contribution in [0.3, 0.4) is 0 Å². The van der Waals surface area contributed by atoms with Crippen molar-refractivity contribution in [2.45, 2.75) is 31.4 Å². The number of methoxy groups -OCH3 is 1. The Labute approximate surface area is 90.5 Å². The molecule has 1 aliphatic heterocycles. The summed E-state index contributed by atoms with van der Waals surface area (Å²) in [6.45, 7) is 4.36. The Balaban J connectivity index is 2.60. The molecule has 4 nitrogen and oxygen atoms in total. The Morgan fingerprint density at radius 1 is 1.80 bits per heavy atom. The zero-order valence-corrected chi connectivity index (χ0v) is 9.19. The fraction of sp³-hybridized carbons (Fsp3) is 0.727. The van der Waals surface area contributed by atoms with Crippen molar-refractivity contribution in [3.63, 3.8) is 0 Å². The summed E-state index contributed by atoms with van der Waals surface area (Å²) in [6.07, 6.45) is 3.59. The first kappa shape index (κ1) is 12.2. The third kappa shape index (κ3) is 2.79. The largest absolute Gasteiger partial charge is 0.394 e. The lowest BCUT2D eigenvalue weighted by molar-refractivity contribution is -0.143. The molecule has 1 aliphatic rings. The van der Waals surface area contributed by atoms with Crippen LogP contribution in [0, 0.1) is 0 Å². The number of rotatable bonds is 5. The third-order valence-corrected chi connectivity index (χ3v) is 2.81. The van der Waals surface area contributed by atoms with Gasteiger partial charge in [0.1, 0.15) is 6.10 Å². The number of likely N-dealkylation sites (tertiary alicyclic amines) is 1. The molecule has 0 aromatic rings. The van der Waals surface area contributed by atoms with Crippen LogP contribution in [-0.4, -0.2) is 48.3 Å². The van der Waals surface area contributed by atoms with Gasteiger partial charge in [-0.25, -0.2) is 0 Å². The molecule has 1 saturated heterocycles. The molecule has 15 heavy (non-hydrogen) atoms. The van der Waals surface area contributed by atoms with Gasteiger partial charge in [-0.3, -0.25) is 4.79 Å². The summed E-state index contributed by atoms with van der Waals surface area (Å²) < 4.78 is 5.11. The van der Waals surface area contributed by atoms with Crippen molar-refractivity contribution in [3.8, 4) is 0 Å². The number of hydrogen-bond acceptors (Lipinski definition) is 3. The van der Waals surface area contributed by atoms with E-state index < -0.39 is 6.10 Å². The van der Waals surface area contributed by atoms with Gasteiger partial charge in [-0.1, -0.05) is 6.08 Å². The van der Waals surface area contributed by atoms with E-state index in [0.717, 1.165) is 19.4 Å². The van der Waals surface area contributed by atoms with Gasteiger partial charge in [-0.2, -0.15) is 0 Å². The minimum atomic E-state index is -0.449. The SMILES string of the molecule is C=CC[C@H](OC)C(=O)N1CCC[C@H]1CO. The number of hydrogen-bond donors (Lipinski definition) is 1. The van der Waals surface area contributed by atoms with Gasteiger partial charge in [-0.05, 0) is 12.8 Å². The average Bonchev–Trinajstić information content (AvgIpc) is 2.72. The number of aliphatic hydroxyl groups excluding tert-OH is 1. The second-order valence-corrected chi connectivity index (χ2v) is 3.76. The molecular formula is C11H19NO3. The molecule has 0 aliphatic carbocycles. The predicted octanol–water partition coefficient (Wildman–Crippen LogP) is 0.561. The first-order valence-electron chi connectivity index (χ1n) is 5.29. The Kier molecular flexibility index (Phi) is 4.78. The van der Waals surface area contributed by atoms with Crippen molar-refractivity contribution in [1.29, 1.82) is 0 Å². The van der Waals surface area contributed by atoms with Gasteiger partial charge in [0.15, 0.2) is 0 Å². The van der Waals surface area contributed by atoms with Crippen molar-refractivity contribution in [3.05, 3.63) is 12.7 Å². The van der Waals surface area contributed by atoms with E-state index in [0.29, 0.717) is 6.42 Å². The fourth-order valence-corrected chi connectivity index (χ4v) is 1.95. The van der Waals surface area contributed by atoms with Gasteiger partial charge in [0.25, 0.3) is 5.91 Å². The van der Waals surface area contributed by atoms with Crippen LogP contribution in [0.5, 0.6) is 0 Å². The van der Waals surface area contributed by atoms with E-state index >= 15 is 0 Å². The lowest BCUT2D eigenvalue weighted by Gasteiger charge is -2.26. The minimum absolute atomic E-state index is 0.0278. The Hall–Kier alpha value is -0.870. The summed E-state index contributed by atoms with van der Waals surface area (Å²) in [5, 5.41) is 9.11. The molecule has 0 saturated carbocycles. The van der Waals surface area contributed by atoms with Crippen LogP contribution >= 0.6 is 0 Å². The first-order valence-corrected chi connectivity index (χ1v) is 5.29. The molecule has 1 heterocycles. The topological polar surface area (TPSA) is 49.8 Å². The van der Waals surface area contributed by atoms with E-state index in [-0.39, 0.29) is 18.6 Å². The Morgan fingerprint density at radius 3 is 3.07 bits per heavy atom. The smallest absolute Gasteiger partial charge is 0.252 e. The molecule has 1 amide bonds. The van der Waals surface area contributed by atoms with Crippen LogP contribution in [0.4, 0.5) is 0 Å². The summed E-state index contributed by atoms with van der Waals surface area (Å²) in [5.74, 6) is -0.0334. The van der Waals surface area contributed by atoms with Crippen LogP contribution in [0.1, 0.15) is 19.3 Å². The van der Waals surface area contributed by atoms with Crippen molar-refractivity contribution in [2.24, 2.45) is 0 Å². The number of nitrogens with zero attached hydrogens (tertiary/aromatic N) is 1. The van der Waals surface area contributed by atoms with Gasteiger partial charge in [0.05, 0.1) is 12.6 Å². The summed E-state index contributed by atoms with van der Waals surface area (Å²) in [6, 6.07) is -0.0278. The summed E-state index contributed by atoms with van der Waals surface area (Å²) >= 11 is 0. The minimum Gasteiger partial charge on any atom is -0.394 e. The number of carbonyl (C=O) groups excluding carboxylic acids is 1. The van der Waals surface area contributed by atoms with E-state index in [1.54, 1.807) is 11.0 Å². The van der Waals surface area contributed by atoms with E-state index in [1.165, 1.54) is 7.11 Å². The van der Waals surface area contributed by atoms with Crippen LogP contribution in [-0.2, 0) is 9.53 Å². The molecule has 2 atom stereocenters. The molecule has 0 bridgehead atoms. The van der Waals surface area contributed by atoms with E-state index in [1.807, 2.05) is 0 Å². The molecule has 0 aromatic heterocycles. The molecule has 0 aromatic carbocycles. The molecule has 1 N–H and O–H groups in total. The Morgan fingerprint density at radius 2 is 2.53 bits per heavy atom. The van der Waals surface area contributed by atoms with Crippen LogP contribution in [0.25, 0.3) is 0 Å². The van der Waals surface area contributed by atoms with Crippen molar-refractivity contribution in [1.82, 2.24) is 4.90 Å². The monoisotopic (exact) mass is 213 g/mol. The maximum Gasteiger partial charge on any atom is 0.252 e. The first-order chi connectivity index (χ1) is 7.24. The second-order valence-electron chi connectivity index (χ2n) is 3.76. The van der Waals surface area contributed by atoms with Gasteiger partial charge < -0.3 is 14.7 Å². The molecule has 0 unspecified atom stereocenters. The maximum absolute atomic E-state index is 12.0. The summed E-state index contributed by atoms with van der Waals surface area (Å²) in [4.78, 5) is 13.7. The van der Waals surface area contributed by atoms with Crippen LogP contribution < -0.4 is 0 Å². The number of amides is 1. The highest BCUT2D eigenvalue weighted by Crippen LogP contribution is 2.19. The standard InChI is InChI=1S/C11H19NO3/c1-3-5-10(15-2)11(14)12-7-4-6-9(12)8-13/h3,9-10,13H,1,4-8H2,2H3/t9-,10-/m0/s1. The van der Waals surface area contributed by atoms with E-state index in [2.05, 4.69) is 6.58 Å². The molecule has 86 valence electrons. The van der Waals surface area contributed by atoms with Crippen LogP contribution in [0.2, 0.25) is 0 Å². The zero-order chi connectivity index (χ0) is 11.3. The zero-order valence-electron chi connectivity index (χ0n) is 9.19. The maximum atomic E-state index is 12.0. The van der Waals surface area contributed by atoms with E-state index in [9.17, 15) is 4.79 Å². The van der Waals surface area contributed by atoms with Crippen LogP contribution in [0.15, 0.2) is 12.7 Å². The number of aliphatic hydroxyl groups is 1. The third-order valence-electron chi connectivity index (χ3n) is 2.81. The summed E-state index contributed by atoms with van der Waals surface area (Å²) in [5.41, 5.74) is 0. The second kappa shape index (κ2) is 5.88. The van der Waals surface area contributed by atoms with E-state index in [4.69, 9.17) is 9.84 Å². The lowest BCUT2D eigenvalue weighted by Crippen LogP contribution is -2.44. The van der Waals surface area contributed by atoms with Crippen molar-refractivity contribution in [2.75, 3.05) is 20.3 Å². The highest BCUT2D eigenvalue weighted by molar-refractivity contribution is 5.81. The van der Waals surface area contributed by atoms with Gasteiger partial charge in [-0.15, -0.1) is 6.58 Å². The van der Waals surface area contributed by atoms with Gasteiger partial charge in [0, 0.05) is 20.1 Å². The van der Waals surface area contributed by atoms with Gasteiger partial charge in [0.2, 0.25) is 0 Å². The molecular weight excluding hydrogens is 194 g/mol. The lowest BCUT2D eigenvalue weighted by atomic mass is 10.2. The summed E-state index contributed by atoms with van der Waals surface area (Å²) in [7, 11) is 1.52. The predicted molar refractivity (Wildman–Crippen MR) is 57.4 cm³/mol. The normalized spacial score (nSPS) is 22.8. The molecule has 1 rings (SSSR count). The number of ether oxygens (including phenoxy) is 1. The molecule has 0 spiro atoms. The Bertz CT molecular complexity index is 230. The van der Waals surface area contributed by atoms with Crippen molar-refractivity contribution >= 4 is 5.91 Å². The highest BCUT2D eigenvalue weighted by atomic mass is 16.5. The average molecular weight is 213 g/mol. The molecule has 1 fully saturated rings. The number of carbonyl (C=O) groups is 1. The molecule has 0 radical (unpaired) electrons. The van der Waals surface area contributed by atoms with Crippen molar-refractivity contribution < 1.29 is 14.6 Å². The quantitative estimate of drug-likeness (QED) is 0.679. The molecule has 4 heteroatoms. The highest BCUT2D eigenvalue weighted by Gasteiger charge is 2.31. The van der Waals surface area contributed by atoms with Gasteiger partial charge >= 0.3 is 0 Å².